The van der Waals surface area contributed by atoms with Gasteiger partial charge in [-0.1, -0.05) is 24.3 Å². The van der Waals surface area contributed by atoms with Gasteiger partial charge in [-0.25, -0.2) is 4.98 Å². The molecule has 0 fully saturated rings. The minimum atomic E-state index is 0.713. The summed E-state index contributed by atoms with van der Waals surface area (Å²) in [6, 6.07) is 14.2. The highest BCUT2D eigenvalue weighted by molar-refractivity contribution is 5.84. The number of anilines is 2. The van der Waals surface area contributed by atoms with Gasteiger partial charge < -0.3 is 5.32 Å². The van der Waals surface area contributed by atoms with Crippen molar-refractivity contribution in [3.63, 3.8) is 0 Å². The van der Waals surface area contributed by atoms with E-state index in [0.717, 1.165) is 22.4 Å². The summed E-state index contributed by atoms with van der Waals surface area (Å²) in [6.45, 7) is 4.20. The summed E-state index contributed by atoms with van der Waals surface area (Å²) < 4.78 is 1.95. The minimum Gasteiger partial charge on any atom is -0.337 e. The highest BCUT2D eigenvalue weighted by Gasteiger charge is 2.11. The monoisotopic (exact) mass is 289 g/mol. The first-order valence-corrected chi connectivity index (χ1v) is 7.16. The Morgan fingerprint density at radius 3 is 2.77 bits per heavy atom. The van der Waals surface area contributed by atoms with E-state index in [0.29, 0.717) is 5.82 Å². The van der Waals surface area contributed by atoms with Gasteiger partial charge in [-0.3, -0.25) is 4.40 Å². The molecule has 2 heterocycles. The number of aryl methyl sites for hydroxylation is 1. The molecule has 2 aromatic heterocycles. The molecule has 0 saturated heterocycles. The van der Waals surface area contributed by atoms with Crippen molar-refractivity contribution in [2.45, 2.75) is 13.8 Å². The van der Waals surface area contributed by atoms with Gasteiger partial charge in [0.15, 0.2) is 5.82 Å². The predicted molar refractivity (Wildman–Crippen MR) is 87.5 cm³/mol. The Balaban J connectivity index is 1.93. The third-order valence-electron chi connectivity index (χ3n) is 3.99. The van der Waals surface area contributed by atoms with Crippen molar-refractivity contribution in [3.05, 3.63) is 59.9 Å². The zero-order valence-corrected chi connectivity index (χ0v) is 12.4. The lowest BCUT2D eigenvalue weighted by Gasteiger charge is -2.12. The van der Waals surface area contributed by atoms with Crippen molar-refractivity contribution in [3.8, 4) is 0 Å². The lowest BCUT2D eigenvalue weighted by molar-refractivity contribution is 1.11. The van der Waals surface area contributed by atoms with Crippen molar-refractivity contribution >= 4 is 28.2 Å². The normalized spacial score (nSPS) is 11.2. The van der Waals surface area contributed by atoms with E-state index in [1.807, 2.05) is 40.8 Å². The first kappa shape index (κ1) is 12.8. The number of nitrogens with zero attached hydrogens (tertiary/aromatic N) is 4. The van der Waals surface area contributed by atoms with Gasteiger partial charge in [-0.15, -0.1) is 10.2 Å². The maximum absolute atomic E-state index is 4.71. The van der Waals surface area contributed by atoms with E-state index in [-0.39, 0.29) is 0 Å². The third kappa shape index (κ3) is 1.90. The van der Waals surface area contributed by atoms with E-state index in [1.165, 1.54) is 11.1 Å². The van der Waals surface area contributed by atoms with E-state index in [9.17, 15) is 0 Å². The van der Waals surface area contributed by atoms with E-state index < -0.39 is 0 Å². The molecule has 0 unspecified atom stereocenters. The fourth-order valence-electron chi connectivity index (χ4n) is 2.60. The van der Waals surface area contributed by atoms with Crippen LogP contribution in [0.4, 0.5) is 11.5 Å². The van der Waals surface area contributed by atoms with E-state index in [2.05, 4.69) is 35.4 Å². The summed E-state index contributed by atoms with van der Waals surface area (Å²) in [6.07, 6.45) is 1.72. The van der Waals surface area contributed by atoms with Gasteiger partial charge in [0.2, 0.25) is 5.65 Å². The lowest BCUT2D eigenvalue weighted by atomic mass is 10.1. The van der Waals surface area contributed by atoms with Crippen LogP contribution in [0.1, 0.15) is 11.1 Å². The van der Waals surface area contributed by atoms with Crippen LogP contribution >= 0.6 is 0 Å². The highest BCUT2D eigenvalue weighted by Crippen LogP contribution is 2.26. The van der Waals surface area contributed by atoms with Crippen LogP contribution in [0, 0.1) is 13.8 Å². The molecule has 22 heavy (non-hydrogen) atoms. The molecule has 2 aromatic carbocycles. The smallest absolute Gasteiger partial charge is 0.204 e. The number of benzene rings is 2. The number of hydrogen-bond acceptors (Lipinski definition) is 4. The fourth-order valence-corrected chi connectivity index (χ4v) is 2.60. The van der Waals surface area contributed by atoms with E-state index in [1.54, 1.807) is 6.33 Å². The Labute approximate surface area is 127 Å². The molecule has 0 aliphatic carbocycles. The fraction of sp³-hybridized carbons (Fsp3) is 0.118. The van der Waals surface area contributed by atoms with Crippen LogP contribution in [0.15, 0.2) is 48.8 Å². The zero-order chi connectivity index (χ0) is 15.1. The summed E-state index contributed by atoms with van der Waals surface area (Å²) in [5.41, 5.74) is 6.10. The van der Waals surface area contributed by atoms with Gasteiger partial charge in [0, 0.05) is 5.69 Å². The Morgan fingerprint density at radius 1 is 1.00 bits per heavy atom. The number of nitrogens with one attached hydrogen (secondary N) is 1. The van der Waals surface area contributed by atoms with Crippen molar-refractivity contribution in [2.75, 3.05) is 5.32 Å². The maximum Gasteiger partial charge on any atom is 0.204 e. The van der Waals surface area contributed by atoms with Crippen LogP contribution < -0.4 is 5.32 Å². The Morgan fingerprint density at radius 2 is 1.86 bits per heavy atom. The first-order chi connectivity index (χ1) is 10.7. The zero-order valence-electron chi connectivity index (χ0n) is 12.4. The SMILES string of the molecule is Cc1cccc(Nc2nc3ccccc3n3cnnc23)c1C. The second-order valence-corrected chi connectivity index (χ2v) is 5.35. The molecule has 0 bridgehead atoms. The molecular weight excluding hydrogens is 274 g/mol. The van der Waals surface area contributed by atoms with Crippen LogP contribution in [0.3, 0.4) is 0 Å². The van der Waals surface area contributed by atoms with E-state index >= 15 is 0 Å². The molecule has 5 nitrogen and oxygen atoms in total. The molecule has 0 spiro atoms. The topological polar surface area (TPSA) is 55.1 Å². The summed E-state index contributed by atoms with van der Waals surface area (Å²) in [5, 5.41) is 11.6. The number of rotatable bonds is 2. The number of fused-ring (bicyclic) bond motifs is 3. The molecule has 1 N–H and O–H groups in total. The minimum absolute atomic E-state index is 0.713. The molecule has 0 atom stereocenters. The number of hydrogen-bond donors (Lipinski definition) is 1. The summed E-state index contributed by atoms with van der Waals surface area (Å²) in [4.78, 5) is 4.71. The van der Waals surface area contributed by atoms with Gasteiger partial charge >= 0.3 is 0 Å². The van der Waals surface area contributed by atoms with Crippen LogP contribution in [0.25, 0.3) is 16.7 Å². The van der Waals surface area contributed by atoms with Crippen LogP contribution in [0.5, 0.6) is 0 Å². The van der Waals surface area contributed by atoms with Crippen molar-refractivity contribution < 1.29 is 0 Å². The van der Waals surface area contributed by atoms with Gasteiger partial charge in [0.1, 0.15) is 6.33 Å². The molecule has 4 aromatic rings. The molecular formula is C17H15N5. The first-order valence-electron chi connectivity index (χ1n) is 7.16. The van der Waals surface area contributed by atoms with Crippen molar-refractivity contribution in [1.29, 1.82) is 0 Å². The molecule has 5 heteroatoms. The van der Waals surface area contributed by atoms with Gasteiger partial charge in [0.05, 0.1) is 11.0 Å². The molecule has 0 aliphatic heterocycles. The molecule has 0 saturated carbocycles. The summed E-state index contributed by atoms with van der Waals surface area (Å²) >= 11 is 0. The van der Waals surface area contributed by atoms with E-state index in [4.69, 9.17) is 4.98 Å². The lowest BCUT2D eigenvalue weighted by Crippen LogP contribution is -2.01. The Hall–Kier alpha value is -2.95. The van der Waals surface area contributed by atoms with Crippen LogP contribution in [-0.4, -0.2) is 19.6 Å². The van der Waals surface area contributed by atoms with Crippen molar-refractivity contribution in [2.24, 2.45) is 0 Å². The average molecular weight is 289 g/mol. The number of para-hydroxylation sites is 2. The standard InChI is InChI=1S/C17H15N5/c1-11-6-5-8-13(12(11)2)19-16-17-21-18-10-22(17)15-9-4-3-7-14(15)20-16/h3-10H,1-2H3,(H,19,20). The second kappa shape index (κ2) is 4.80. The molecule has 0 aliphatic rings. The highest BCUT2D eigenvalue weighted by atomic mass is 15.3. The molecule has 4 rings (SSSR count). The van der Waals surface area contributed by atoms with Gasteiger partial charge in [0.25, 0.3) is 0 Å². The van der Waals surface area contributed by atoms with Gasteiger partial charge in [-0.05, 0) is 43.2 Å². The maximum atomic E-state index is 4.71. The average Bonchev–Trinajstić information content (AvgIpc) is 3.02. The molecule has 0 radical (unpaired) electrons. The van der Waals surface area contributed by atoms with Gasteiger partial charge in [-0.2, -0.15) is 0 Å². The summed E-state index contributed by atoms with van der Waals surface area (Å²) in [7, 11) is 0. The predicted octanol–water partition coefficient (Wildman–Crippen LogP) is 3.64. The number of aromatic nitrogens is 4. The third-order valence-corrected chi connectivity index (χ3v) is 3.99. The Bertz CT molecular complexity index is 987. The van der Waals surface area contributed by atoms with Crippen LogP contribution in [0.2, 0.25) is 0 Å². The summed E-state index contributed by atoms with van der Waals surface area (Å²) in [5.74, 6) is 0.713. The van der Waals surface area contributed by atoms with Crippen LogP contribution in [-0.2, 0) is 0 Å². The Kier molecular flexibility index (Phi) is 2.79. The largest absolute Gasteiger partial charge is 0.337 e. The van der Waals surface area contributed by atoms with Crippen molar-refractivity contribution in [1.82, 2.24) is 19.6 Å². The second-order valence-electron chi connectivity index (χ2n) is 5.35. The molecule has 108 valence electrons. The molecule has 0 amide bonds. The quantitative estimate of drug-likeness (QED) is 0.612.